The molecule has 0 radical (unpaired) electrons. The number of para-hydroxylation sites is 1. The number of phenolic OH excluding ortho intramolecular Hbond substituents is 1. The molecule has 2 aliphatic rings. The van der Waals surface area contributed by atoms with Crippen molar-refractivity contribution in [3.63, 3.8) is 0 Å². The van der Waals surface area contributed by atoms with Gasteiger partial charge in [0.2, 0.25) is 5.91 Å². The molecule has 11 heteroatoms. The third-order valence-corrected chi connectivity index (χ3v) is 11.2. The van der Waals surface area contributed by atoms with Gasteiger partial charge >= 0.3 is 0 Å². The Morgan fingerprint density at radius 1 is 0.685 bits per heavy atom. The number of carbonyl (C=O) groups excluding carboxylic acids is 3. The summed E-state index contributed by atoms with van der Waals surface area (Å²) < 4.78 is 0. The molecular weight excluding hydrogens is 723 g/mol. The largest absolute Gasteiger partial charge is 0.507 e. The van der Waals surface area contributed by atoms with Crippen molar-refractivity contribution in [3.05, 3.63) is 190 Å². The van der Waals surface area contributed by atoms with Crippen molar-refractivity contribution in [2.75, 3.05) is 0 Å². The average Bonchev–Trinajstić information content (AvgIpc) is 3.51. The van der Waals surface area contributed by atoms with Crippen LogP contribution in [0.2, 0.25) is 10.0 Å². The number of hydrogen-bond acceptors (Lipinski definition) is 7. The third kappa shape index (κ3) is 6.14. The summed E-state index contributed by atoms with van der Waals surface area (Å²) in [5.74, 6) is -5.27. The molecule has 2 aliphatic heterocycles. The van der Waals surface area contributed by atoms with Crippen LogP contribution < -0.4 is 0 Å². The number of halogens is 2. The lowest BCUT2D eigenvalue weighted by atomic mass is 9.62. The van der Waals surface area contributed by atoms with Crippen LogP contribution in [0.4, 0.5) is 0 Å². The van der Waals surface area contributed by atoms with Crippen molar-refractivity contribution in [2.45, 2.75) is 29.8 Å². The Balaban J connectivity index is 0.00000450. The maximum absolute atomic E-state index is 15.9. The zero-order valence-electron chi connectivity index (χ0n) is 28.7. The van der Waals surface area contributed by atoms with E-state index in [9.17, 15) is 9.90 Å². The van der Waals surface area contributed by atoms with Gasteiger partial charge in [0.25, 0.3) is 0 Å². The Labute approximate surface area is 321 Å². The SMILES string of the molecule is O.O=C(c1ccccc1O)[C@H]1C(=O)N2[C@H](c3ccccn3)[C@@H](c3ccc(Cl)cc3)[C@H](C(=O)c3ccccn3)[C@@]2(c2ccccn2)C[C@@H]1c1ccc(Cl)cc1. The van der Waals surface area contributed by atoms with Crippen LogP contribution >= 0.6 is 23.2 Å². The van der Waals surface area contributed by atoms with Crippen molar-refractivity contribution < 1.29 is 25.0 Å². The molecule has 2 saturated heterocycles. The Morgan fingerprint density at radius 3 is 1.87 bits per heavy atom. The molecule has 0 bridgehead atoms. The number of hydrogen-bond donors (Lipinski definition) is 1. The van der Waals surface area contributed by atoms with Crippen LogP contribution in [0.15, 0.2) is 146 Å². The molecule has 3 N–H and O–H groups in total. The van der Waals surface area contributed by atoms with Gasteiger partial charge in [0.05, 0.1) is 34.4 Å². The summed E-state index contributed by atoms with van der Waals surface area (Å²) in [6.07, 6.45) is 5.00. The number of aromatic nitrogens is 3. The molecule has 0 saturated carbocycles. The maximum atomic E-state index is 15.9. The van der Waals surface area contributed by atoms with Crippen molar-refractivity contribution in [1.29, 1.82) is 0 Å². The first-order valence-electron chi connectivity index (χ1n) is 17.2. The smallest absolute Gasteiger partial charge is 0.235 e. The standard InChI is InChI=1S/C43H32Cl2N4O4.H2O/c44-28-18-14-26(15-19-28)31-25-43(35-13-5-8-24-48-35)38(41(52)33-11-4-7-23-47-33)36(27-16-20-29(45)21-17-27)39(32-10-3-6-22-46-32)49(43)42(53)37(31)40(51)30-9-1-2-12-34(30)50;/h1-24,31,36-39,50H,25H2;1H2/t31-,36+,37+,38-,39-,43+;/m1./s1. The molecule has 0 spiro atoms. The van der Waals surface area contributed by atoms with E-state index in [1.54, 1.807) is 90.2 Å². The van der Waals surface area contributed by atoms with Crippen LogP contribution in [0, 0.1) is 11.8 Å². The van der Waals surface area contributed by atoms with Gasteiger partial charge in [0, 0.05) is 40.5 Å². The first kappa shape index (κ1) is 36.6. The highest BCUT2D eigenvalue weighted by molar-refractivity contribution is 6.30. The molecule has 8 rings (SSSR count). The van der Waals surface area contributed by atoms with E-state index < -0.39 is 46.9 Å². The van der Waals surface area contributed by atoms with E-state index in [0.717, 1.165) is 5.56 Å². The molecule has 1 amide bonds. The molecule has 0 aliphatic carbocycles. The summed E-state index contributed by atoms with van der Waals surface area (Å²) in [6, 6.07) is 35.8. The fraction of sp³-hybridized carbons (Fsp3) is 0.163. The Morgan fingerprint density at radius 2 is 1.28 bits per heavy atom. The van der Waals surface area contributed by atoms with E-state index in [4.69, 9.17) is 33.2 Å². The zero-order valence-corrected chi connectivity index (χ0v) is 30.2. The minimum Gasteiger partial charge on any atom is -0.507 e. The summed E-state index contributed by atoms with van der Waals surface area (Å²) in [5, 5.41) is 11.9. The summed E-state index contributed by atoms with van der Waals surface area (Å²) in [7, 11) is 0. The van der Waals surface area contributed by atoms with Crippen LogP contribution in [0.1, 0.15) is 67.7 Å². The topological polar surface area (TPSA) is 145 Å². The van der Waals surface area contributed by atoms with Crippen LogP contribution in [0.25, 0.3) is 0 Å². The second kappa shape index (κ2) is 14.9. The number of benzene rings is 3. The van der Waals surface area contributed by atoms with E-state index in [1.165, 1.54) is 12.1 Å². The molecule has 5 heterocycles. The van der Waals surface area contributed by atoms with Crippen molar-refractivity contribution in [3.8, 4) is 5.75 Å². The second-order valence-corrected chi connectivity index (χ2v) is 14.3. The summed E-state index contributed by atoms with van der Waals surface area (Å²) >= 11 is 12.8. The molecule has 6 aromatic rings. The van der Waals surface area contributed by atoms with Crippen molar-refractivity contribution >= 4 is 40.7 Å². The molecule has 54 heavy (non-hydrogen) atoms. The number of fused-ring (bicyclic) bond motifs is 1. The molecule has 2 fully saturated rings. The van der Waals surface area contributed by atoms with E-state index in [1.807, 2.05) is 48.5 Å². The number of phenols is 1. The van der Waals surface area contributed by atoms with Crippen LogP contribution in [-0.4, -0.2) is 47.9 Å². The van der Waals surface area contributed by atoms with Gasteiger partial charge < -0.3 is 15.5 Å². The number of amides is 1. The first-order valence-corrected chi connectivity index (χ1v) is 18.0. The quantitative estimate of drug-likeness (QED) is 0.123. The first-order chi connectivity index (χ1) is 25.8. The highest BCUT2D eigenvalue weighted by atomic mass is 35.5. The average molecular weight is 758 g/mol. The lowest BCUT2D eigenvalue weighted by Crippen LogP contribution is -2.59. The van der Waals surface area contributed by atoms with Crippen molar-refractivity contribution in [1.82, 2.24) is 19.9 Å². The monoisotopic (exact) mass is 756 g/mol. The number of piperidine rings is 1. The summed E-state index contributed by atoms with van der Waals surface area (Å²) in [4.78, 5) is 62.0. The molecule has 6 atom stereocenters. The van der Waals surface area contributed by atoms with Gasteiger partial charge in [-0.25, -0.2) is 0 Å². The lowest BCUT2D eigenvalue weighted by Gasteiger charge is -2.51. The van der Waals surface area contributed by atoms with Gasteiger partial charge in [-0.2, -0.15) is 0 Å². The Hall–Kier alpha value is -5.74. The normalized spacial score (nSPS) is 23.3. The Kier molecular flexibility index (Phi) is 10.1. The lowest BCUT2D eigenvalue weighted by molar-refractivity contribution is -0.149. The van der Waals surface area contributed by atoms with Gasteiger partial charge in [-0.05, 0) is 90.3 Å². The molecule has 3 aromatic heterocycles. The molecule has 3 aromatic carbocycles. The fourth-order valence-corrected chi connectivity index (χ4v) is 8.77. The molecule has 0 unspecified atom stereocenters. The van der Waals surface area contributed by atoms with E-state index in [0.29, 0.717) is 27.0 Å². The van der Waals surface area contributed by atoms with Gasteiger partial charge in [-0.15, -0.1) is 0 Å². The second-order valence-electron chi connectivity index (χ2n) is 13.4. The summed E-state index contributed by atoms with van der Waals surface area (Å²) in [5.41, 5.74) is 1.31. The third-order valence-electron chi connectivity index (χ3n) is 10.7. The highest BCUT2D eigenvalue weighted by Gasteiger charge is 2.69. The number of carbonyl (C=O) groups is 3. The van der Waals surface area contributed by atoms with Crippen LogP contribution in [-0.2, 0) is 10.3 Å². The number of aromatic hydroxyl groups is 1. The number of Topliss-reactive ketones (excluding diaryl/α,β-unsaturated/α-hetero) is 2. The number of pyridine rings is 3. The van der Waals surface area contributed by atoms with Gasteiger partial charge in [0.1, 0.15) is 17.4 Å². The predicted octanol–water partition coefficient (Wildman–Crippen LogP) is 7.81. The summed E-state index contributed by atoms with van der Waals surface area (Å²) in [6.45, 7) is 0. The predicted molar refractivity (Wildman–Crippen MR) is 204 cm³/mol. The minimum atomic E-state index is -1.42. The molecular formula is C43H34Cl2N4O5. The van der Waals surface area contributed by atoms with Gasteiger partial charge in [0.15, 0.2) is 11.6 Å². The van der Waals surface area contributed by atoms with E-state index in [-0.39, 0.29) is 34.7 Å². The van der Waals surface area contributed by atoms with E-state index >= 15 is 9.59 Å². The highest BCUT2D eigenvalue weighted by Crippen LogP contribution is 2.65. The minimum absolute atomic E-state index is 0. The fourth-order valence-electron chi connectivity index (χ4n) is 8.52. The maximum Gasteiger partial charge on any atom is 0.235 e. The zero-order chi connectivity index (χ0) is 36.7. The van der Waals surface area contributed by atoms with Crippen molar-refractivity contribution in [2.24, 2.45) is 11.8 Å². The molecule has 270 valence electrons. The number of ketones is 2. The van der Waals surface area contributed by atoms with Crippen LogP contribution in [0.3, 0.4) is 0 Å². The van der Waals surface area contributed by atoms with Crippen LogP contribution in [0.5, 0.6) is 5.75 Å². The van der Waals surface area contributed by atoms with Gasteiger partial charge in [-0.3, -0.25) is 29.3 Å². The number of rotatable bonds is 8. The van der Waals surface area contributed by atoms with E-state index in [2.05, 4.69) is 4.98 Å². The Bertz CT molecular complexity index is 2300. The number of nitrogens with zero attached hydrogens (tertiary/aromatic N) is 4. The molecule has 9 nitrogen and oxygen atoms in total. The van der Waals surface area contributed by atoms with Gasteiger partial charge in [-0.1, -0.05) is 77.8 Å².